The molecular weight excluding hydrogens is 336 g/mol. The minimum Gasteiger partial charge on any atom is -0.477 e. The summed E-state index contributed by atoms with van der Waals surface area (Å²) in [5.41, 5.74) is 6.41. The van der Waals surface area contributed by atoms with Gasteiger partial charge in [-0.1, -0.05) is 6.07 Å². The van der Waals surface area contributed by atoms with E-state index in [0.29, 0.717) is 30.1 Å². The molecule has 5 heteroatoms. The number of aryl methyl sites for hydroxylation is 4. The van der Waals surface area contributed by atoms with Gasteiger partial charge in [0, 0.05) is 47.4 Å². The molecule has 5 nitrogen and oxygen atoms in total. The SMILES string of the molecule is Cc1ccc(C2CC2COc2nc(C)ncc2-c2cnc(C)cc2C)nc1. The van der Waals surface area contributed by atoms with E-state index in [9.17, 15) is 0 Å². The fourth-order valence-corrected chi connectivity index (χ4v) is 3.40. The lowest BCUT2D eigenvalue weighted by molar-refractivity contribution is 0.285. The molecule has 2 atom stereocenters. The molecule has 2 unspecified atom stereocenters. The van der Waals surface area contributed by atoms with Crippen molar-refractivity contribution in [2.75, 3.05) is 6.61 Å². The van der Waals surface area contributed by atoms with Crippen LogP contribution in [0.25, 0.3) is 11.1 Å². The summed E-state index contributed by atoms with van der Waals surface area (Å²) in [7, 11) is 0. The lowest BCUT2D eigenvalue weighted by Crippen LogP contribution is -2.06. The van der Waals surface area contributed by atoms with Crippen LogP contribution in [0, 0.1) is 33.6 Å². The molecule has 3 aromatic heterocycles. The predicted molar refractivity (Wildman–Crippen MR) is 105 cm³/mol. The number of rotatable bonds is 5. The van der Waals surface area contributed by atoms with E-state index in [1.807, 2.05) is 32.4 Å². The Morgan fingerprint density at radius 3 is 2.52 bits per heavy atom. The summed E-state index contributed by atoms with van der Waals surface area (Å²) < 4.78 is 6.15. The van der Waals surface area contributed by atoms with Crippen LogP contribution in [-0.2, 0) is 0 Å². The van der Waals surface area contributed by atoms with Crippen LogP contribution in [0.4, 0.5) is 0 Å². The molecule has 0 bridgehead atoms. The zero-order chi connectivity index (χ0) is 19.0. The lowest BCUT2D eigenvalue weighted by atomic mass is 10.0. The van der Waals surface area contributed by atoms with Crippen LogP contribution in [0.2, 0.25) is 0 Å². The first-order chi connectivity index (χ1) is 13.0. The Kier molecular flexibility index (Phi) is 4.60. The van der Waals surface area contributed by atoms with Crippen molar-refractivity contribution in [1.82, 2.24) is 19.9 Å². The Hall–Kier alpha value is -2.82. The van der Waals surface area contributed by atoms with E-state index in [0.717, 1.165) is 34.5 Å². The monoisotopic (exact) mass is 360 g/mol. The van der Waals surface area contributed by atoms with Crippen molar-refractivity contribution in [3.05, 3.63) is 65.1 Å². The van der Waals surface area contributed by atoms with E-state index in [2.05, 4.69) is 52.0 Å². The van der Waals surface area contributed by atoms with E-state index in [-0.39, 0.29) is 0 Å². The molecule has 1 aliphatic carbocycles. The summed E-state index contributed by atoms with van der Waals surface area (Å²) in [6.07, 6.45) is 6.76. The summed E-state index contributed by atoms with van der Waals surface area (Å²) in [6.45, 7) is 8.65. The molecule has 0 aromatic carbocycles. The van der Waals surface area contributed by atoms with E-state index in [1.54, 1.807) is 0 Å². The standard InChI is InChI=1S/C22H24N4O/c1-13-5-6-21(25-9-13)18-8-17(18)12-27-22-20(11-24-16(4)26-22)19-10-23-15(3)7-14(19)2/h5-7,9-11,17-18H,8,12H2,1-4H3. The van der Waals surface area contributed by atoms with Gasteiger partial charge in [0.05, 0.1) is 12.2 Å². The third kappa shape index (κ3) is 3.82. The Balaban J connectivity index is 1.51. The topological polar surface area (TPSA) is 60.8 Å². The average Bonchev–Trinajstić information content (AvgIpc) is 3.41. The highest BCUT2D eigenvalue weighted by Crippen LogP contribution is 2.47. The first-order valence-corrected chi connectivity index (χ1v) is 9.34. The number of hydrogen-bond donors (Lipinski definition) is 0. The molecular formula is C22H24N4O. The second-order valence-electron chi connectivity index (χ2n) is 7.45. The van der Waals surface area contributed by atoms with Gasteiger partial charge in [0.1, 0.15) is 5.82 Å². The van der Waals surface area contributed by atoms with Gasteiger partial charge in [0.25, 0.3) is 0 Å². The Bertz CT molecular complexity index is 969. The maximum atomic E-state index is 6.15. The zero-order valence-electron chi connectivity index (χ0n) is 16.2. The van der Waals surface area contributed by atoms with Gasteiger partial charge < -0.3 is 4.74 Å². The Morgan fingerprint density at radius 2 is 1.78 bits per heavy atom. The first kappa shape index (κ1) is 17.6. The maximum Gasteiger partial charge on any atom is 0.224 e. The van der Waals surface area contributed by atoms with E-state index < -0.39 is 0 Å². The third-order valence-electron chi connectivity index (χ3n) is 5.08. The fraction of sp³-hybridized carbons (Fsp3) is 0.364. The summed E-state index contributed by atoms with van der Waals surface area (Å²) >= 11 is 0. The van der Waals surface area contributed by atoms with E-state index in [4.69, 9.17) is 4.74 Å². The second kappa shape index (κ2) is 7.06. The Labute approximate surface area is 159 Å². The minimum atomic E-state index is 0.486. The van der Waals surface area contributed by atoms with Gasteiger partial charge in [-0.05, 0) is 57.4 Å². The number of aromatic nitrogens is 4. The molecule has 138 valence electrons. The summed E-state index contributed by atoms with van der Waals surface area (Å²) in [6, 6.07) is 6.32. The van der Waals surface area contributed by atoms with Crippen molar-refractivity contribution in [2.45, 2.75) is 40.0 Å². The van der Waals surface area contributed by atoms with Crippen molar-refractivity contribution >= 4 is 0 Å². The first-order valence-electron chi connectivity index (χ1n) is 9.34. The highest BCUT2D eigenvalue weighted by molar-refractivity contribution is 5.70. The molecule has 0 N–H and O–H groups in total. The second-order valence-corrected chi connectivity index (χ2v) is 7.45. The van der Waals surface area contributed by atoms with Crippen molar-refractivity contribution in [3.63, 3.8) is 0 Å². The molecule has 0 radical (unpaired) electrons. The van der Waals surface area contributed by atoms with Gasteiger partial charge in [0.2, 0.25) is 5.88 Å². The van der Waals surface area contributed by atoms with Crippen molar-refractivity contribution in [2.24, 2.45) is 5.92 Å². The number of ether oxygens (including phenoxy) is 1. The van der Waals surface area contributed by atoms with Gasteiger partial charge in [-0.2, -0.15) is 4.98 Å². The van der Waals surface area contributed by atoms with Crippen molar-refractivity contribution in [1.29, 1.82) is 0 Å². The molecule has 27 heavy (non-hydrogen) atoms. The summed E-state index contributed by atoms with van der Waals surface area (Å²) in [5, 5.41) is 0. The van der Waals surface area contributed by atoms with Crippen LogP contribution in [0.1, 0.15) is 40.7 Å². The molecule has 4 rings (SSSR count). The smallest absolute Gasteiger partial charge is 0.224 e. The van der Waals surface area contributed by atoms with Crippen molar-refractivity contribution in [3.8, 4) is 17.0 Å². The number of nitrogens with zero attached hydrogens (tertiary/aromatic N) is 4. The molecule has 1 saturated carbocycles. The molecule has 0 aliphatic heterocycles. The molecule has 0 amide bonds. The molecule has 3 aromatic rings. The Morgan fingerprint density at radius 1 is 0.963 bits per heavy atom. The number of pyridine rings is 2. The highest BCUT2D eigenvalue weighted by atomic mass is 16.5. The maximum absolute atomic E-state index is 6.15. The summed E-state index contributed by atoms with van der Waals surface area (Å²) in [5.74, 6) is 2.32. The predicted octanol–water partition coefficient (Wildman–Crippen LogP) is 4.35. The quantitative estimate of drug-likeness (QED) is 0.677. The molecule has 3 heterocycles. The largest absolute Gasteiger partial charge is 0.477 e. The van der Waals surface area contributed by atoms with Crippen LogP contribution in [0.3, 0.4) is 0 Å². The van der Waals surface area contributed by atoms with Gasteiger partial charge in [0.15, 0.2) is 0 Å². The van der Waals surface area contributed by atoms with Gasteiger partial charge >= 0.3 is 0 Å². The molecule has 0 spiro atoms. The number of hydrogen-bond acceptors (Lipinski definition) is 5. The average molecular weight is 360 g/mol. The van der Waals surface area contributed by atoms with Gasteiger partial charge in [-0.3, -0.25) is 9.97 Å². The van der Waals surface area contributed by atoms with E-state index >= 15 is 0 Å². The lowest BCUT2D eigenvalue weighted by Gasteiger charge is -2.13. The molecule has 1 fully saturated rings. The highest BCUT2D eigenvalue weighted by Gasteiger charge is 2.40. The van der Waals surface area contributed by atoms with E-state index in [1.165, 1.54) is 5.56 Å². The van der Waals surface area contributed by atoms with Crippen LogP contribution < -0.4 is 4.74 Å². The van der Waals surface area contributed by atoms with Crippen LogP contribution in [-0.4, -0.2) is 26.5 Å². The summed E-state index contributed by atoms with van der Waals surface area (Å²) in [4.78, 5) is 17.9. The zero-order valence-corrected chi connectivity index (χ0v) is 16.2. The minimum absolute atomic E-state index is 0.486. The normalized spacial score (nSPS) is 18.4. The van der Waals surface area contributed by atoms with Crippen LogP contribution in [0.5, 0.6) is 5.88 Å². The third-order valence-corrected chi connectivity index (χ3v) is 5.08. The van der Waals surface area contributed by atoms with Gasteiger partial charge in [-0.25, -0.2) is 4.98 Å². The fourth-order valence-electron chi connectivity index (χ4n) is 3.40. The molecule has 0 saturated heterocycles. The van der Waals surface area contributed by atoms with Crippen LogP contribution in [0.15, 0.2) is 36.8 Å². The molecule has 1 aliphatic rings. The van der Waals surface area contributed by atoms with Crippen LogP contribution >= 0.6 is 0 Å². The van der Waals surface area contributed by atoms with Crippen molar-refractivity contribution < 1.29 is 4.74 Å². The van der Waals surface area contributed by atoms with Gasteiger partial charge in [-0.15, -0.1) is 0 Å².